The van der Waals surface area contributed by atoms with Gasteiger partial charge in [0.25, 0.3) is 0 Å². The number of aryl methyl sites for hydroxylation is 1. The number of anilines is 1. The summed E-state index contributed by atoms with van der Waals surface area (Å²) in [7, 11) is 0. The van der Waals surface area contributed by atoms with E-state index in [9.17, 15) is 0 Å². The molecule has 0 atom stereocenters. The third-order valence-electron chi connectivity index (χ3n) is 3.75. The van der Waals surface area contributed by atoms with E-state index in [4.69, 9.17) is 15.3 Å². The molecule has 0 saturated carbocycles. The lowest BCUT2D eigenvalue weighted by Gasteiger charge is -2.23. The number of ether oxygens (including phenoxy) is 1. The summed E-state index contributed by atoms with van der Waals surface area (Å²) < 4.78 is 5.67. The zero-order valence-electron chi connectivity index (χ0n) is 15.7. The van der Waals surface area contributed by atoms with Crippen molar-refractivity contribution < 1.29 is 4.74 Å². The largest absolute Gasteiger partial charge is 0.477 e. The van der Waals surface area contributed by atoms with E-state index >= 15 is 0 Å². The molecule has 0 spiro atoms. The van der Waals surface area contributed by atoms with Crippen LogP contribution in [0.1, 0.15) is 57.7 Å². The Labute approximate surface area is 150 Å². The molecule has 0 saturated heterocycles. The minimum atomic E-state index is 0.00854. The summed E-state index contributed by atoms with van der Waals surface area (Å²) in [5.74, 6) is 1.07. The average Bonchev–Trinajstić information content (AvgIpc) is 2.61. The molecule has 0 aliphatic carbocycles. The number of hydrogen-bond donors (Lipinski definition) is 0. The molecule has 0 fully saturated rings. The maximum atomic E-state index is 9.01. The van der Waals surface area contributed by atoms with Gasteiger partial charge in [0.1, 0.15) is 17.7 Å². The molecule has 0 bridgehead atoms. The minimum absolute atomic E-state index is 0.00854. The predicted molar refractivity (Wildman–Crippen MR) is 99.2 cm³/mol. The van der Waals surface area contributed by atoms with Crippen LogP contribution in [-0.4, -0.2) is 29.7 Å². The SMILES string of the molecule is CCCCN(CCCC)c1nc(C)c(C=C(C#N)C#N)c(OCC)n1. The Balaban J connectivity index is 3.32. The first kappa shape index (κ1) is 20.4. The Morgan fingerprint density at radius 1 is 1.08 bits per heavy atom. The number of rotatable bonds is 10. The quantitative estimate of drug-likeness (QED) is 0.597. The highest BCUT2D eigenvalue weighted by Gasteiger charge is 2.16. The standard InChI is InChI=1S/C19H27N5O/c1-5-8-10-24(11-9-6-2)19-22-15(4)17(12-16(13-20)14-21)18(23-19)25-7-3/h12H,5-11H2,1-4H3. The lowest BCUT2D eigenvalue weighted by atomic mass is 10.1. The lowest BCUT2D eigenvalue weighted by molar-refractivity contribution is 0.325. The first-order valence-electron chi connectivity index (χ1n) is 8.89. The van der Waals surface area contributed by atoms with Crippen molar-refractivity contribution in [2.24, 2.45) is 0 Å². The molecule has 1 rings (SSSR count). The fourth-order valence-corrected chi connectivity index (χ4v) is 2.34. The highest BCUT2D eigenvalue weighted by molar-refractivity contribution is 5.67. The average molecular weight is 341 g/mol. The maximum absolute atomic E-state index is 9.01. The van der Waals surface area contributed by atoms with Crippen LogP contribution >= 0.6 is 0 Å². The zero-order chi connectivity index (χ0) is 18.7. The van der Waals surface area contributed by atoms with Crippen LogP contribution in [0, 0.1) is 29.6 Å². The Morgan fingerprint density at radius 2 is 1.68 bits per heavy atom. The van der Waals surface area contributed by atoms with Crippen molar-refractivity contribution in [1.82, 2.24) is 9.97 Å². The van der Waals surface area contributed by atoms with Gasteiger partial charge in [0.05, 0.1) is 17.9 Å². The van der Waals surface area contributed by atoms with Crippen molar-refractivity contribution >= 4 is 12.0 Å². The van der Waals surface area contributed by atoms with Crippen LogP contribution in [-0.2, 0) is 0 Å². The van der Waals surface area contributed by atoms with E-state index in [1.165, 1.54) is 6.08 Å². The first-order chi connectivity index (χ1) is 12.1. The monoisotopic (exact) mass is 341 g/mol. The molecular formula is C19H27N5O. The summed E-state index contributed by atoms with van der Waals surface area (Å²) in [6.07, 6.45) is 5.85. The fraction of sp³-hybridized carbons (Fsp3) is 0.579. The van der Waals surface area contributed by atoms with Gasteiger partial charge in [-0.15, -0.1) is 0 Å². The van der Waals surface area contributed by atoms with Crippen molar-refractivity contribution in [3.63, 3.8) is 0 Å². The Morgan fingerprint density at radius 3 is 2.16 bits per heavy atom. The van der Waals surface area contributed by atoms with Gasteiger partial charge >= 0.3 is 0 Å². The van der Waals surface area contributed by atoms with Crippen LogP contribution in [0.25, 0.3) is 6.08 Å². The van der Waals surface area contributed by atoms with Crippen LogP contribution in [0.15, 0.2) is 5.57 Å². The molecule has 134 valence electrons. The highest BCUT2D eigenvalue weighted by Crippen LogP contribution is 2.25. The topological polar surface area (TPSA) is 85.8 Å². The molecule has 1 heterocycles. The summed E-state index contributed by atoms with van der Waals surface area (Å²) in [5, 5.41) is 18.0. The first-order valence-corrected chi connectivity index (χ1v) is 8.89. The molecule has 0 N–H and O–H groups in total. The van der Waals surface area contributed by atoms with Crippen LogP contribution in [0.4, 0.5) is 5.95 Å². The van der Waals surface area contributed by atoms with E-state index < -0.39 is 0 Å². The van der Waals surface area contributed by atoms with Crippen molar-refractivity contribution in [3.8, 4) is 18.0 Å². The number of hydrogen-bond acceptors (Lipinski definition) is 6. The van der Waals surface area contributed by atoms with Crippen molar-refractivity contribution in [2.45, 2.75) is 53.4 Å². The van der Waals surface area contributed by atoms with E-state index in [1.54, 1.807) is 0 Å². The number of nitrogens with zero attached hydrogens (tertiary/aromatic N) is 5. The molecule has 6 nitrogen and oxygen atoms in total. The Bertz CT molecular complexity index is 646. The molecule has 0 aliphatic rings. The van der Waals surface area contributed by atoms with Gasteiger partial charge in [0.2, 0.25) is 11.8 Å². The zero-order valence-corrected chi connectivity index (χ0v) is 15.7. The van der Waals surface area contributed by atoms with Gasteiger partial charge in [-0.25, -0.2) is 4.98 Å². The normalized spacial score (nSPS) is 9.84. The molecule has 0 radical (unpaired) electrons. The van der Waals surface area contributed by atoms with Crippen LogP contribution in [0.2, 0.25) is 0 Å². The van der Waals surface area contributed by atoms with Crippen LogP contribution < -0.4 is 9.64 Å². The summed E-state index contributed by atoms with van der Waals surface area (Å²) >= 11 is 0. The number of aromatic nitrogens is 2. The van der Waals surface area contributed by atoms with E-state index in [1.807, 2.05) is 26.0 Å². The second-order valence-electron chi connectivity index (χ2n) is 5.74. The van der Waals surface area contributed by atoms with E-state index in [0.29, 0.717) is 29.7 Å². The third kappa shape index (κ3) is 6.08. The molecular weight excluding hydrogens is 314 g/mol. The molecule has 25 heavy (non-hydrogen) atoms. The maximum Gasteiger partial charge on any atom is 0.228 e. The van der Waals surface area contributed by atoms with E-state index in [-0.39, 0.29) is 5.57 Å². The van der Waals surface area contributed by atoms with E-state index in [2.05, 4.69) is 28.7 Å². The smallest absolute Gasteiger partial charge is 0.228 e. The summed E-state index contributed by atoms with van der Waals surface area (Å²) in [5.41, 5.74) is 1.30. The van der Waals surface area contributed by atoms with Gasteiger partial charge in [0, 0.05) is 13.1 Å². The molecule has 1 aromatic rings. The van der Waals surface area contributed by atoms with Crippen molar-refractivity contribution in [2.75, 3.05) is 24.6 Å². The fourth-order valence-electron chi connectivity index (χ4n) is 2.34. The van der Waals surface area contributed by atoms with E-state index in [0.717, 1.165) is 38.8 Å². The molecule has 0 aliphatic heterocycles. The van der Waals surface area contributed by atoms with Crippen LogP contribution in [0.5, 0.6) is 5.88 Å². The molecule has 0 aromatic carbocycles. The van der Waals surface area contributed by atoms with Gasteiger partial charge in [-0.2, -0.15) is 15.5 Å². The van der Waals surface area contributed by atoms with Crippen LogP contribution in [0.3, 0.4) is 0 Å². The van der Waals surface area contributed by atoms with Gasteiger partial charge in [-0.3, -0.25) is 0 Å². The van der Waals surface area contributed by atoms with Gasteiger partial charge in [-0.05, 0) is 32.8 Å². The van der Waals surface area contributed by atoms with Crippen molar-refractivity contribution in [1.29, 1.82) is 10.5 Å². The molecule has 0 amide bonds. The highest BCUT2D eigenvalue weighted by atomic mass is 16.5. The summed E-state index contributed by atoms with van der Waals surface area (Å²) in [6.45, 7) is 10.3. The van der Waals surface area contributed by atoms with Gasteiger partial charge in [0.15, 0.2) is 0 Å². The summed E-state index contributed by atoms with van der Waals surface area (Å²) in [4.78, 5) is 11.4. The minimum Gasteiger partial charge on any atom is -0.477 e. The second kappa shape index (κ2) is 11.0. The predicted octanol–water partition coefficient (Wildman–Crippen LogP) is 4.02. The number of allylic oxidation sites excluding steroid dienone is 1. The molecule has 0 unspecified atom stereocenters. The third-order valence-corrected chi connectivity index (χ3v) is 3.75. The van der Waals surface area contributed by atoms with Gasteiger partial charge in [-0.1, -0.05) is 26.7 Å². The Kier molecular flexibility index (Phi) is 9.03. The summed E-state index contributed by atoms with van der Waals surface area (Å²) in [6, 6.07) is 3.74. The molecule has 1 aromatic heterocycles. The molecule has 6 heteroatoms. The van der Waals surface area contributed by atoms with Crippen molar-refractivity contribution in [3.05, 3.63) is 16.8 Å². The second-order valence-corrected chi connectivity index (χ2v) is 5.74. The number of nitriles is 2. The lowest BCUT2D eigenvalue weighted by Crippen LogP contribution is -2.28. The van der Waals surface area contributed by atoms with Gasteiger partial charge < -0.3 is 9.64 Å². The number of unbranched alkanes of at least 4 members (excludes halogenated alkanes) is 2. The Hall–Kier alpha value is -2.60.